The molecule has 2 aromatic rings. The van der Waals surface area contributed by atoms with Crippen molar-refractivity contribution in [3.05, 3.63) is 18.6 Å². The van der Waals surface area contributed by atoms with Gasteiger partial charge in [0.05, 0.1) is 35.8 Å². The van der Waals surface area contributed by atoms with Crippen LogP contribution in [0.3, 0.4) is 0 Å². The fraction of sp³-hybridized carbons (Fsp3) is 0.591. The molecule has 12 heteroatoms. The molecule has 0 bridgehead atoms. The second-order valence-corrected chi connectivity index (χ2v) is 15.7. The number of fused-ring (bicyclic) bond motifs is 1. The van der Waals surface area contributed by atoms with Gasteiger partial charge >= 0.3 is 12.1 Å². The van der Waals surface area contributed by atoms with Crippen LogP contribution in [0.15, 0.2) is 18.6 Å². The van der Waals surface area contributed by atoms with Crippen molar-refractivity contribution in [1.29, 1.82) is 0 Å². The Bertz CT molecular complexity index is 1080. The third-order valence-corrected chi connectivity index (χ3v) is 8.11. The van der Waals surface area contributed by atoms with E-state index in [0.717, 1.165) is 16.9 Å². The summed E-state index contributed by atoms with van der Waals surface area (Å²) in [6.07, 6.45) is 5.68. The Morgan fingerprint density at radius 2 is 1.88 bits per heavy atom. The number of carbonyl (C=O) groups excluding carboxylic acids is 2. The van der Waals surface area contributed by atoms with Gasteiger partial charge in [-0.05, 0) is 18.9 Å². The smallest absolute Gasteiger partial charge is 0.407 e. The standard InChI is InChI=1S/C22H32N6O5Si/c1-34(2,3)11-10-33-15-27-20(29)6-9-26(21(27)30)18-13-23-14-19-17(18)12-24-28(19)16-4-7-25(8-5-16)22(31)32/h12-14,16H,4-11,15H2,1-3H3,(H,31,32). The normalized spacial score (nSPS) is 18.3. The molecule has 2 fully saturated rings. The van der Waals surface area contributed by atoms with Crippen LogP contribution in [-0.2, 0) is 9.53 Å². The largest absolute Gasteiger partial charge is 0.465 e. The van der Waals surface area contributed by atoms with E-state index < -0.39 is 20.2 Å². The molecule has 0 radical (unpaired) electrons. The van der Waals surface area contributed by atoms with Crippen LogP contribution in [0.5, 0.6) is 0 Å². The lowest BCUT2D eigenvalue weighted by Gasteiger charge is -2.34. The van der Waals surface area contributed by atoms with Crippen molar-refractivity contribution in [3.8, 4) is 0 Å². The molecule has 0 aliphatic carbocycles. The number of urea groups is 1. The number of pyridine rings is 1. The molecule has 184 valence electrons. The topological polar surface area (TPSA) is 121 Å². The van der Waals surface area contributed by atoms with Gasteiger partial charge in [-0.3, -0.25) is 19.4 Å². The fourth-order valence-electron chi connectivity index (χ4n) is 4.33. The molecule has 2 aliphatic heterocycles. The van der Waals surface area contributed by atoms with Crippen LogP contribution in [0.2, 0.25) is 25.7 Å². The first-order valence-electron chi connectivity index (χ1n) is 11.6. The lowest BCUT2D eigenvalue weighted by atomic mass is 10.1. The molecular weight excluding hydrogens is 456 g/mol. The van der Waals surface area contributed by atoms with Gasteiger partial charge in [-0.2, -0.15) is 5.10 Å². The molecule has 0 aromatic carbocycles. The summed E-state index contributed by atoms with van der Waals surface area (Å²) in [4.78, 5) is 45.4. The molecule has 0 spiro atoms. The Kier molecular flexibility index (Phi) is 6.89. The molecule has 2 aliphatic rings. The van der Waals surface area contributed by atoms with Crippen molar-refractivity contribution in [1.82, 2.24) is 24.6 Å². The van der Waals surface area contributed by atoms with Gasteiger partial charge in [0, 0.05) is 46.1 Å². The molecule has 4 heterocycles. The van der Waals surface area contributed by atoms with E-state index in [1.165, 1.54) is 9.80 Å². The molecular formula is C22H32N6O5Si. The lowest BCUT2D eigenvalue weighted by molar-refractivity contribution is -0.133. The number of piperidine rings is 1. The Morgan fingerprint density at radius 1 is 1.15 bits per heavy atom. The predicted molar refractivity (Wildman–Crippen MR) is 129 cm³/mol. The second-order valence-electron chi connectivity index (χ2n) is 10.0. The zero-order chi connectivity index (χ0) is 24.5. The quantitative estimate of drug-likeness (QED) is 0.469. The van der Waals surface area contributed by atoms with Crippen LogP contribution in [0, 0.1) is 0 Å². The Labute approximate surface area is 199 Å². The number of hydrogen-bond donors (Lipinski definition) is 1. The summed E-state index contributed by atoms with van der Waals surface area (Å²) in [6, 6.07) is 0.599. The minimum absolute atomic E-state index is 0.0521. The molecule has 0 unspecified atom stereocenters. The molecule has 1 N–H and O–H groups in total. The zero-order valence-electron chi connectivity index (χ0n) is 19.9. The maximum absolute atomic E-state index is 13.2. The number of carbonyl (C=O) groups is 3. The number of carboxylic acid groups (broad SMARTS) is 1. The molecule has 0 saturated carbocycles. The number of rotatable bonds is 7. The number of anilines is 1. The number of nitrogens with zero attached hydrogens (tertiary/aromatic N) is 6. The molecule has 4 amide bonds. The predicted octanol–water partition coefficient (Wildman–Crippen LogP) is 3.22. The third-order valence-electron chi connectivity index (χ3n) is 6.40. The van der Waals surface area contributed by atoms with Gasteiger partial charge in [0.1, 0.15) is 6.73 Å². The van der Waals surface area contributed by atoms with Crippen LogP contribution in [0.25, 0.3) is 10.9 Å². The van der Waals surface area contributed by atoms with Gasteiger partial charge in [0.2, 0.25) is 5.91 Å². The summed E-state index contributed by atoms with van der Waals surface area (Å²) in [7, 11) is -1.27. The minimum atomic E-state index is -1.27. The molecule has 34 heavy (non-hydrogen) atoms. The van der Waals surface area contributed by atoms with E-state index in [-0.39, 0.29) is 31.6 Å². The summed E-state index contributed by atoms with van der Waals surface area (Å²) in [5.41, 5.74) is 1.39. The number of hydrogen-bond acceptors (Lipinski definition) is 6. The molecule has 2 saturated heterocycles. The van der Waals surface area contributed by atoms with E-state index >= 15 is 0 Å². The van der Waals surface area contributed by atoms with E-state index in [9.17, 15) is 19.5 Å². The Hall–Kier alpha value is -2.99. The lowest BCUT2D eigenvalue weighted by Crippen LogP contribution is -2.53. The summed E-state index contributed by atoms with van der Waals surface area (Å²) < 4.78 is 7.56. The van der Waals surface area contributed by atoms with Crippen molar-refractivity contribution in [2.45, 2.75) is 51.0 Å². The van der Waals surface area contributed by atoms with Crippen molar-refractivity contribution in [3.63, 3.8) is 0 Å². The van der Waals surface area contributed by atoms with Gasteiger partial charge in [0.15, 0.2) is 0 Å². The van der Waals surface area contributed by atoms with Gasteiger partial charge < -0.3 is 14.7 Å². The first-order chi connectivity index (χ1) is 16.2. The number of ether oxygens (including phenoxy) is 1. The molecule has 4 rings (SSSR count). The summed E-state index contributed by atoms with van der Waals surface area (Å²) in [5.74, 6) is -0.240. The monoisotopic (exact) mass is 488 g/mol. The van der Waals surface area contributed by atoms with E-state index in [1.807, 2.05) is 4.68 Å². The molecule has 2 aromatic heterocycles. The molecule has 11 nitrogen and oxygen atoms in total. The number of imide groups is 1. The highest BCUT2D eigenvalue weighted by Gasteiger charge is 2.34. The van der Waals surface area contributed by atoms with Gasteiger partial charge in [-0.1, -0.05) is 19.6 Å². The highest BCUT2D eigenvalue weighted by Crippen LogP contribution is 2.32. The first-order valence-corrected chi connectivity index (χ1v) is 15.3. The maximum Gasteiger partial charge on any atom is 0.407 e. The van der Waals surface area contributed by atoms with Crippen molar-refractivity contribution in [2.24, 2.45) is 0 Å². The average molecular weight is 489 g/mol. The SMILES string of the molecule is C[Si](C)(C)CCOCN1C(=O)CCN(c2cncc3c2cnn3C2CCN(C(=O)O)CC2)C1=O. The first kappa shape index (κ1) is 24.1. The summed E-state index contributed by atoms with van der Waals surface area (Å²) in [6.45, 7) is 8.39. The Morgan fingerprint density at radius 3 is 2.56 bits per heavy atom. The minimum Gasteiger partial charge on any atom is -0.465 e. The van der Waals surface area contributed by atoms with Gasteiger partial charge in [0.25, 0.3) is 0 Å². The van der Waals surface area contributed by atoms with Gasteiger partial charge in [-0.25, -0.2) is 14.5 Å². The van der Waals surface area contributed by atoms with Crippen LogP contribution < -0.4 is 4.90 Å². The molecule has 0 atom stereocenters. The average Bonchev–Trinajstić information content (AvgIpc) is 3.22. The number of amides is 4. The summed E-state index contributed by atoms with van der Waals surface area (Å²) in [5, 5.41) is 14.5. The highest BCUT2D eigenvalue weighted by atomic mass is 28.3. The van der Waals surface area contributed by atoms with Crippen molar-refractivity contribution in [2.75, 3.05) is 37.9 Å². The van der Waals surface area contributed by atoms with Gasteiger partial charge in [-0.15, -0.1) is 0 Å². The number of likely N-dealkylation sites (tertiary alicyclic amines) is 1. The van der Waals surface area contributed by atoms with E-state index in [2.05, 4.69) is 29.7 Å². The van der Waals surface area contributed by atoms with Crippen LogP contribution >= 0.6 is 0 Å². The van der Waals surface area contributed by atoms with Crippen LogP contribution in [0.4, 0.5) is 15.3 Å². The summed E-state index contributed by atoms with van der Waals surface area (Å²) >= 11 is 0. The van der Waals surface area contributed by atoms with Crippen molar-refractivity contribution >= 4 is 42.7 Å². The van der Waals surface area contributed by atoms with E-state index in [0.29, 0.717) is 38.2 Å². The highest BCUT2D eigenvalue weighted by molar-refractivity contribution is 6.76. The van der Waals surface area contributed by atoms with Crippen molar-refractivity contribution < 1.29 is 24.2 Å². The fourth-order valence-corrected chi connectivity index (χ4v) is 5.09. The van der Waals surface area contributed by atoms with E-state index in [4.69, 9.17) is 4.74 Å². The number of aromatic nitrogens is 3. The third kappa shape index (κ3) is 5.07. The second kappa shape index (κ2) is 9.70. The van der Waals surface area contributed by atoms with Crippen LogP contribution in [-0.4, -0.2) is 88.7 Å². The van der Waals surface area contributed by atoms with Crippen LogP contribution in [0.1, 0.15) is 25.3 Å². The van der Waals surface area contributed by atoms with E-state index in [1.54, 1.807) is 23.5 Å². The maximum atomic E-state index is 13.2. The zero-order valence-corrected chi connectivity index (χ0v) is 20.9. The Balaban J connectivity index is 1.50.